The van der Waals surface area contributed by atoms with E-state index in [4.69, 9.17) is 9.47 Å². The minimum Gasteiger partial charge on any atom is -0.504 e. The number of sulfone groups is 1. The van der Waals surface area contributed by atoms with Gasteiger partial charge in [-0.1, -0.05) is 18.2 Å². The average molecular weight is 537 g/mol. The van der Waals surface area contributed by atoms with Crippen molar-refractivity contribution < 1.29 is 32.6 Å². The largest absolute Gasteiger partial charge is 0.504 e. The zero-order valence-electron chi connectivity index (χ0n) is 21.0. The van der Waals surface area contributed by atoms with Crippen molar-refractivity contribution in [2.24, 2.45) is 0 Å². The van der Waals surface area contributed by atoms with Gasteiger partial charge in [0.1, 0.15) is 0 Å². The number of methoxy groups -OCH3 is 1. The summed E-state index contributed by atoms with van der Waals surface area (Å²) in [6, 6.07) is 16.0. The third kappa shape index (κ3) is 5.17. The van der Waals surface area contributed by atoms with Crippen LogP contribution in [-0.2, 0) is 21.1 Å². The topological polar surface area (TPSA) is 122 Å². The summed E-state index contributed by atoms with van der Waals surface area (Å²) in [5, 5.41) is 13.5. The zero-order valence-corrected chi connectivity index (χ0v) is 21.8. The van der Waals surface area contributed by atoms with Crippen LogP contribution in [0.5, 0.6) is 23.0 Å². The maximum Gasteiger partial charge on any atom is 0.253 e. The lowest BCUT2D eigenvalue weighted by Gasteiger charge is -2.21. The van der Waals surface area contributed by atoms with E-state index in [1.165, 1.54) is 25.3 Å². The van der Waals surface area contributed by atoms with E-state index in [9.17, 15) is 23.1 Å². The van der Waals surface area contributed by atoms with Crippen LogP contribution < -0.4 is 14.8 Å². The number of carbonyl (C=O) groups is 2. The van der Waals surface area contributed by atoms with E-state index in [1.807, 2.05) is 6.07 Å². The minimum absolute atomic E-state index is 0.0348. The molecule has 2 heterocycles. The molecule has 0 spiro atoms. The lowest BCUT2D eigenvalue weighted by atomic mass is 9.93. The fraction of sp³-hybridized carbons (Fsp3) is 0.286. The van der Waals surface area contributed by atoms with Crippen molar-refractivity contribution in [2.75, 3.05) is 26.5 Å². The molecule has 2 atom stereocenters. The molecule has 0 radical (unpaired) electrons. The van der Waals surface area contributed by atoms with E-state index in [1.54, 1.807) is 41.3 Å². The van der Waals surface area contributed by atoms with Crippen molar-refractivity contribution in [3.05, 3.63) is 77.4 Å². The highest BCUT2D eigenvalue weighted by Gasteiger charge is 2.38. The molecular weight excluding hydrogens is 508 g/mol. The zero-order chi connectivity index (χ0) is 27.0. The van der Waals surface area contributed by atoms with Gasteiger partial charge < -0.3 is 24.8 Å². The molecule has 38 heavy (non-hydrogen) atoms. The molecule has 2 aliphatic heterocycles. The third-order valence-electron chi connectivity index (χ3n) is 6.96. The Morgan fingerprint density at radius 1 is 1.05 bits per heavy atom. The molecule has 2 aliphatic rings. The number of ether oxygens (including phenoxy) is 2. The molecule has 3 aromatic carbocycles. The van der Waals surface area contributed by atoms with Crippen LogP contribution in [0.2, 0.25) is 0 Å². The lowest BCUT2D eigenvalue weighted by Crippen LogP contribution is -2.40. The Balaban J connectivity index is 1.51. The molecule has 4 bridgehead atoms. The van der Waals surface area contributed by atoms with Gasteiger partial charge in [-0.3, -0.25) is 9.59 Å². The fourth-order valence-electron chi connectivity index (χ4n) is 4.95. The number of hydrogen-bond acceptors (Lipinski definition) is 7. The number of hydrogen-bond donors (Lipinski definition) is 2. The van der Waals surface area contributed by atoms with Gasteiger partial charge in [0.15, 0.2) is 32.8 Å². The number of amides is 2. The molecular formula is C28H28N2O7S. The number of aromatic hydroxyl groups is 1. The highest BCUT2D eigenvalue weighted by Crippen LogP contribution is 2.40. The summed E-state index contributed by atoms with van der Waals surface area (Å²) in [6.45, 7) is 0.562. The number of nitrogens with zero attached hydrogens (tertiary/aromatic N) is 1. The molecule has 0 saturated carbocycles. The standard InChI is InChI=1S/C28H28N2O7S/c1-36-24-10-8-18-14-26(24)37-25-12-17(6-9-23(25)31)7-11-27(32)29-22-16-30(15-21(18)22)28(33)19-4-3-5-20(13-19)38(2,34)35/h3-6,8-10,12-14,21-22,31H,7,11,15-16H2,1-2H3,(H,29,32)/t21-,22+/m0/s1. The number of carbonyl (C=O) groups excluding carboxylic acids is 2. The Hall–Kier alpha value is -4.05. The molecule has 0 aromatic heterocycles. The van der Waals surface area contributed by atoms with E-state index >= 15 is 0 Å². The second-order valence-electron chi connectivity index (χ2n) is 9.61. The maximum absolute atomic E-state index is 13.4. The number of phenolic OH excluding ortho intramolecular Hbond substituents is 1. The Morgan fingerprint density at radius 2 is 1.87 bits per heavy atom. The van der Waals surface area contributed by atoms with Crippen LogP contribution in [0.25, 0.3) is 0 Å². The van der Waals surface area contributed by atoms with Crippen LogP contribution in [0.1, 0.15) is 33.8 Å². The lowest BCUT2D eigenvalue weighted by molar-refractivity contribution is -0.121. The normalized spacial score (nSPS) is 19.2. The van der Waals surface area contributed by atoms with Crippen molar-refractivity contribution in [1.29, 1.82) is 0 Å². The van der Waals surface area contributed by atoms with Crippen molar-refractivity contribution in [3.8, 4) is 23.0 Å². The summed E-state index contributed by atoms with van der Waals surface area (Å²) in [4.78, 5) is 28.1. The third-order valence-corrected chi connectivity index (χ3v) is 8.07. The number of fused-ring (bicyclic) bond motifs is 6. The molecule has 2 N–H and O–H groups in total. The summed E-state index contributed by atoms with van der Waals surface area (Å²) in [7, 11) is -1.95. The number of aryl methyl sites for hydroxylation is 1. The van der Waals surface area contributed by atoms with E-state index in [0.29, 0.717) is 24.5 Å². The minimum atomic E-state index is -3.48. The van der Waals surface area contributed by atoms with Gasteiger partial charge in [0.25, 0.3) is 5.91 Å². The SMILES string of the molecule is COc1ccc2cc1Oc1cc(ccc1O)CCC(=O)N[C@@H]1CN(C(=O)c3cccc(S(C)(=O)=O)c3)C[C@@H]21. The summed E-state index contributed by atoms with van der Waals surface area (Å²) >= 11 is 0. The van der Waals surface area contributed by atoms with E-state index in [2.05, 4.69) is 5.32 Å². The average Bonchev–Trinajstić information content (AvgIpc) is 3.31. The second kappa shape index (κ2) is 10.0. The van der Waals surface area contributed by atoms with Gasteiger partial charge in [0.2, 0.25) is 5.91 Å². The number of phenols is 1. The Bertz CT molecular complexity index is 1520. The first-order chi connectivity index (χ1) is 18.1. The monoisotopic (exact) mass is 536 g/mol. The first kappa shape index (κ1) is 25.6. The Labute approximate surface area is 220 Å². The van der Waals surface area contributed by atoms with Crippen molar-refractivity contribution in [3.63, 3.8) is 0 Å². The van der Waals surface area contributed by atoms with Crippen LogP contribution in [0.4, 0.5) is 0 Å². The van der Waals surface area contributed by atoms with Crippen LogP contribution in [0.3, 0.4) is 0 Å². The number of likely N-dealkylation sites (tertiary alicyclic amines) is 1. The van der Waals surface area contributed by atoms with Crippen LogP contribution in [0, 0.1) is 0 Å². The van der Waals surface area contributed by atoms with Gasteiger partial charge >= 0.3 is 0 Å². The first-order valence-electron chi connectivity index (χ1n) is 12.2. The highest BCUT2D eigenvalue weighted by atomic mass is 32.2. The van der Waals surface area contributed by atoms with Crippen molar-refractivity contribution >= 4 is 21.7 Å². The molecule has 0 aliphatic carbocycles. The molecule has 1 saturated heterocycles. The van der Waals surface area contributed by atoms with Gasteiger partial charge in [-0.15, -0.1) is 0 Å². The summed E-state index contributed by atoms with van der Waals surface area (Å²) in [6.07, 6.45) is 1.76. The van der Waals surface area contributed by atoms with Crippen molar-refractivity contribution in [2.45, 2.75) is 29.7 Å². The maximum atomic E-state index is 13.4. The molecule has 10 heteroatoms. The number of rotatable bonds is 3. The van der Waals surface area contributed by atoms with Gasteiger partial charge in [0.05, 0.1) is 18.0 Å². The molecule has 2 amide bonds. The van der Waals surface area contributed by atoms with E-state index in [-0.39, 0.29) is 58.7 Å². The van der Waals surface area contributed by atoms with E-state index < -0.39 is 9.84 Å². The fourth-order valence-corrected chi connectivity index (χ4v) is 5.62. The van der Waals surface area contributed by atoms with Crippen molar-refractivity contribution in [1.82, 2.24) is 10.2 Å². The van der Waals surface area contributed by atoms with E-state index in [0.717, 1.165) is 17.4 Å². The number of nitrogens with one attached hydrogen (secondary N) is 1. The molecule has 5 rings (SSSR count). The molecule has 0 unspecified atom stereocenters. The van der Waals surface area contributed by atoms with Gasteiger partial charge in [-0.2, -0.15) is 0 Å². The smallest absolute Gasteiger partial charge is 0.253 e. The predicted octanol–water partition coefficient (Wildman–Crippen LogP) is 3.27. The first-order valence-corrected chi connectivity index (χ1v) is 14.1. The van der Waals surface area contributed by atoms with Gasteiger partial charge in [-0.05, 0) is 60.0 Å². The summed E-state index contributed by atoms with van der Waals surface area (Å²) in [5.74, 6) is 0.354. The highest BCUT2D eigenvalue weighted by molar-refractivity contribution is 7.90. The molecule has 1 fully saturated rings. The second-order valence-corrected chi connectivity index (χ2v) is 11.6. The molecule has 3 aromatic rings. The molecule has 9 nitrogen and oxygen atoms in total. The van der Waals surface area contributed by atoms with Gasteiger partial charge in [0, 0.05) is 37.2 Å². The van der Waals surface area contributed by atoms with Crippen LogP contribution >= 0.6 is 0 Å². The summed E-state index contributed by atoms with van der Waals surface area (Å²) < 4.78 is 35.6. The van der Waals surface area contributed by atoms with Gasteiger partial charge in [-0.25, -0.2) is 8.42 Å². The van der Waals surface area contributed by atoms with Crippen LogP contribution in [-0.4, -0.2) is 62.7 Å². The van der Waals surface area contributed by atoms with Crippen LogP contribution in [0.15, 0.2) is 65.6 Å². The Morgan fingerprint density at radius 3 is 2.63 bits per heavy atom. The number of benzene rings is 3. The predicted molar refractivity (Wildman–Crippen MR) is 140 cm³/mol. The molecule has 198 valence electrons. The summed E-state index contributed by atoms with van der Waals surface area (Å²) in [5.41, 5.74) is 1.91. The Kier molecular flexibility index (Phi) is 6.75. The quantitative estimate of drug-likeness (QED) is 0.527.